The molecule has 0 aliphatic heterocycles. The molecular formula is C47H38N2. The maximum atomic E-state index is 2.45. The van der Waals surface area contributed by atoms with E-state index < -0.39 is 0 Å². The third-order valence-corrected chi connectivity index (χ3v) is 9.30. The number of fused-ring (bicyclic) bond motifs is 3. The molecular weight excluding hydrogens is 593 g/mol. The van der Waals surface area contributed by atoms with Crippen LogP contribution < -0.4 is 4.90 Å². The maximum Gasteiger partial charge on any atom is 0.0538 e. The summed E-state index contributed by atoms with van der Waals surface area (Å²) in [6.45, 7) is 2.28. The standard InChI is InChI=1S/C47H38N2/c1-35-18-6-2-13-31-46-47(43-29-14-15-30-45(43)49(46)40-25-11-5-12-26-40)44(32-35)38-22-17-28-42(34-38)48(39-23-9-4-10-24-39)41-27-16-21-37(33-41)36-19-7-3-8-20-36/h2-30,32-35H,31H2,1H3/b13-2-,18-6-,44-32?. The predicted molar refractivity (Wildman–Crippen MR) is 208 cm³/mol. The molecule has 1 aromatic heterocycles. The number of nitrogens with zero attached hydrogens (tertiary/aromatic N) is 2. The Morgan fingerprint density at radius 2 is 1.14 bits per heavy atom. The first kappa shape index (κ1) is 30.2. The van der Waals surface area contributed by atoms with E-state index in [1.165, 1.54) is 50.1 Å². The van der Waals surface area contributed by atoms with Gasteiger partial charge in [-0.2, -0.15) is 0 Å². The lowest BCUT2D eigenvalue weighted by molar-refractivity contribution is 0.938. The Balaban J connectivity index is 1.34. The van der Waals surface area contributed by atoms with Crippen molar-refractivity contribution in [1.82, 2.24) is 4.57 Å². The number of allylic oxidation sites excluding steroid dienone is 5. The highest BCUT2D eigenvalue weighted by molar-refractivity contribution is 6.00. The van der Waals surface area contributed by atoms with Crippen LogP contribution in [-0.2, 0) is 6.42 Å². The van der Waals surface area contributed by atoms with Gasteiger partial charge in [-0.1, -0.05) is 146 Å². The van der Waals surface area contributed by atoms with E-state index >= 15 is 0 Å². The summed E-state index contributed by atoms with van der Waals surface area (Å²) in [6.07, 6.45) is 12.2. The van der Waals surface area contributed by atoms with Gasteiger partial charge in [0.15, 0.2) is 0 Å². The topological polar surface area (TPSA) is 8.17 Å². The van der Waals surface area contributed by atoms with E-state index in [9.17, 15) is 0 Å². The summed E-state index contributed by atoms with van der Waals surface area (Å²) in [4.78, 5) is 2.37. The number of anilines is 3. The SMILES string of the molecule is CC1C=C(c2cccc(N(c3ccccc3)c3cccc(-c4ccccc4)c3)c2)c2c(n(-c3ccccc3)c3ccccc23)C/C=C\C=C/1. The zero-order chi connectivity index (χ0) is 33.0. The molecule has 49 heavy (non-hydrogen) atoms. The molecule has 1 aliphatic carbocycles. The quantitative estimate of drug-likeness (QED) is 0.177. The average molecular weight is 631 g/mol. The molecule has 1 unspecified atom stereocenters. The van der Waals surface area contributed by atoms with Gasteiger partial charge in [-0.15, -0.1) is 0 Å². The van der Waals surface area contributed by atoms with Crippen molar-refractivity contribution in [2.75, 3.05) is 4.90 Å². The van der Waals surface area contributed by atoms with Gasteiger partial charge in [0.25, 0.3) is 0 Å². The van der Waals surface area contributed by atoms with Crippen LogP contribution in [0.25, 0.3) is 33.3 Å². The number of rotatable bonds is 6. The van der Waals surface area contributed by atoms with Crippen molar-refractivity contribution in [1.29, 1.82) is 0 Å². The lowest BCUT2D eigenvalue weighted by atomic mass is 9.90. The predicted octanol–water partition coefficient (Wildman–Crippen LogP) is 12.5. The highest BCUT2D eigenvalue weighted by Crippen LogP contribution is 2.42. The van der Waals surface area contributed by atoms with E-state index in [4.69, 9.17) is 0 Å². The Labute approximate surface area is 289 Å². The molecule has 0 saturated carbocycles. The van der Waals surface area contributed by atoms with Crippen LogP contribution in [0.3, 0.4) is 0 Å². The largest absolute Gasteiger partial charge is 0.313 e. The third-order valence-electron chi connectivity index (χ3n) is 9.30. The summed E-state index contributed by atoms with van der Waals surface area (Å²) in [7, 11) is 0. The summed E-state index contributed by atoms with van der Waals surface area (Å²) in [6, 6.07) is 58.9. The van der Waals surface area contributed by atoms with Crippen LogP contribution in [0, 0.1) is 5.92 Å². The van der Waals surface area contributed by atoms with Crippen LogP contribution in [0.4, 0.5) is 17.1 Å². The number of aromatic nitrogens is 1. The zero-order valence-corrected chi connectivity index (χ0v) is 27.7. The van der Waals surface area contributed by atoms with E-state index in [0.29, 0.717) is 0 Å². The van der Waals surface area contributed by atoms with Crippen LogP contribution in [0.1, 0.15) is 23.7 Å². The minimum absolute atomic E-state index is 0.237. The fraction of sp³-hybridized carbons (Fsp3) is 0.0638. The monoisotopic (exact) mass is 630 g/mol. The molecule has 2 nitrogen and oxygen atoms in total. The highest BCUT2D eigenvalue weighted by atomic mass is 15.1. The van der Waals surface area contributed by atoms with Gasteiger partial charge in [-0.05, 0) is 82.8 Å². The Kier molecular flexibility index (Phi) is 8.36. The molecule has 1 atom stereocenters. The first-order valence-electron chi connectivity index (χ1n) is 17.1. The number of benzene rings is 6. The highest BCUT2D eigenvalue weighted by Gasteiger charge is 2.23. The lowest BCUT2D eigenvalue weighted by Gasteiger charge is -2.27. The third kappa shape index (κ3) is 6.06. The minimum atomic E-state index is 0.237. The molecule has 0 N–H and O–H groups in total. The van der Waals surface area contributed by atoms with Crippen molar-refractivity contribution < 1.29 is 0 Å². The van der Waals surface area contributed by atoms with Crippen molar-refractivity contribution in [2.24, 2.45) is 5.92 Å². The van der Waals surface area contributed by atoms with Crippen molar-refractivity contribution in [2.45, 2.75) is 13.3 Å². The van der Waals surface area contributed by atoms with E-state index in [0.717, 1.165) is 23.5 Å². The fourth-order valence-electron chi connectivity index (χ4n) is 7.09. The summed E-state index contributed by atoms with van der Waals surface area (Å²) in [5, 5.41) is 1.26. The van der Waals surface area contributed by atoms with Gasteiger partial charge in [-0.3, -0.25) is 0 Å². The maximum absolute atomic E-state index is 2.45. The summed E-state index contributed by atoms with van der Waals surface area (Å²) >= 11 is 0. The fourth-order valence-corrected chi connectivity index (χ4v) is 7.09. The molecule has 0 bridgehead atoms. The van der Waals surface area contributed by atoms with Gasteiger partial charge in [-0.25, -0.2) is 0 Å². The molecule has 0 radical (unpaired) electrons. The Morgan fingerprint density at radius 1 is 0.551 bits per heavy atom. The molecule has 8 rings (SSSR count). The normalized spacial score (nSPS) is 15.6. The molecule has 2 heteroatoms. The summed E-state index contributed by atoms with van der Waals surface area (Å²) < 4.78 is 2.45. The lowest BCUT2D eigenvalue weighted by Crippen LogP contribution is -2.10. The summed E-state index contributed by atoms with van der Waals surface area (Å²) in [5.74, 6) is 0.237. The van der Waals surface area contributed by atoms with Crippen molar-refractivity contribution in [3.63, 3.8) is 0 Å². The molecule has 7 aromatic rings. The van der Waals surface area contributed by atoms with Gasteiger partial charge in [0.1, 0.15) is 0 Å². The minimum Gasteiger partial charge on any atom is -0.313 e. The van der Waals surface area contributed by atoms with Gasteiger partial charge in [0.2, 0.25) is 0 Å². The van der Waals surface area contributed by atoms with Crippen LogP contribution in [0.2, 0.25) is 0 Å². The van der Waals surface area contributed by atoms with Gasteiger partial charge in [0, 0.05) is 45.8 Å². The zero-order valence-electron chi connectivity index (χ0n) is 27.7. The Bertz CT molecular complexity index is 2310. The first-order chi connectivity index (χ1) is 24.2. The van der Waals surface area contributed by atoms with Crippen molar-refractivity contribution in [3.05, 3.63) is 211 Å². The Hall–Kier alpha value is -6.12. The number of hydrogen-bond donors (Lipinski definition) is 0. The van der Waals surface area contributed by atoms with Crippen LogP contribution >= 0.6 is 0 Å². The molecule has 1 aliphatic rings. The molecule has 6 aromatic carbocycles. The number of hydrogen-bond acceptors (Lipinski definition) is 1. The summed E-state index contributed by atoms with van der Waals surface area (Å²) in [5.41, 5.74) is 13.2. The second kappa shape index (κ2) is 13.5. The molecule has 0 fully saturated rings. The van der Waals surface area contributed by atoms with Crippen molar-refractivity contribution >= 4 is 33.5 Å². The van der Waals surface area contributed by atoms with Crippen LogP contribution in [0.5, 0.6) is 0 Å². The average Bonchev–Trinajstić information content (AvgIpc) is 3.49. The van der Waals surface area contributed by atoms with Gasteiger partial charge in [0.05, 0.1) is 5.52 Å². The molecule has 0 amide bonds. The second-order valence-corrected chi connectivity index (χ2v) is 12.6. The number of para-hydroxylation sites is 3. The van der Waals surface area contributed by atoms with E-state index in [1.807, 2.05) is 0 Å². The van der Waals surface area contributed by atoms with E-state index in [-0.39, 0.29) is 5.92 Å². The molecule has 0 spiro atoms. The van der Waals surface area contributed by atoms with Gasteiger partial charge < -0.3 is 9.47 Å². The molecule has 0 saturated heterocycles. The van der Waals surface area contributed by atoms with Crippen molar-refractivity contribution in [3.8, 4) is 16.8 Å². The molecule has 1 heterocycles. The van der Waals surface area contributed by atoms with Crippen LogP contribution in [-0.4, -0.2) is 4.57 Å². The Morgan fingerprint density at radius 3 is 1.90 bits per heavy atom. The smallest absolute Gasteiger partial charge is 0.0538 e. The molecule has 236 valence electrons. The van der Waals surface area contributed by atoms with Crippen LogP contribution in [0.15, 0.2) is 194 Å². The van der Waals surface area contributed by atoms with E-state index in [2.05, 4.69) is 211 Å². The second-order valence-electron chi connectivity index (χ2n) is 12.6. The van der Waals surface area contributed by atoms with Gasteiger partial charge >= 0.3 is 0 Å². The van der Waals surface area contributed by atoms with E-state index in [1.54, 1.807) is 0 Å². The first-order valence-corrected chi connectivity index (χ1v) is 17.1.